The molecule has 1 heterocycles. The summed E-state index contributed by atoms with van der Waals surface area (Å²) in [5.41, 5.74) is 3.16. The number of hydrogen-bond acceptors (Lipinski definition) is 6. The maximum Gasteiger partial charge on any atom is 0.234 e. The summed E-state index contributed by atoms with van der Waals surface area (Å²) in [5, 5.41) is 15.7. The summed E-state index contributed by atoms with van der Waals surface area (Å²) in [6, 6.07) is 6.45. The average Bonchev–Trinajstić information content (AvgIpc) is 3.05. The predicted octanol–water partition coefficient (Wildman–Crippen LogP) is 4.63. The molecule has 1 saturated carbocycles. The van der Waals surface area contributed by atoms with Gasteiger partial charge < -0.3 is 10.6 Å². The quantitative estimate of drug-likeness (QED) is 0.720. The molecule has 1 amide bonds. The van der Waals surface area contributed by atoms with E-state index in [0.29, 0.717) is 11.8 Å². The predicted molar refractivity (Wildman–Crippen MR) is 106 cm³/mol. The molecule has 0 aliphatic heterocycles. The van der Waals surface area contributed by atoms with E-state index in [1.807, 2.05) is 32.0 Å². The van der Waals surface area contributed by atoms with Crippen molar-refractivity contribution >= 4 is 39.8 Å². The van der Waals surface area contributed by atoms with Gasteiger partial charge in [0.15, 0.2) is 4.34 Å². The maximum absolute atomic E-state index is 12.2. The second-order valence-corrected chi connectivity index (χ2v) is 8.64. The van der Waals surface area contributed by atoms with Gasteiger partial charge in [0.25, 0.3) is 0 Å². The first kappa shape index (κ1) is 18.2. The van der Waals surface area contributed by atoms with E-state index < -0.39 is 0 Å². The van der Waals surface area contributed by atoms with Crippen molar-refractivity contribution in [2.24, 2.45) is 0 Å². The molecule has 3 rings (SSSR count). The SMILES string of the molecule is Cc1cccc(NC(=O)CSc2nnc(NC3CCCCC3)s2)c1C. The van der Waals surface area contributed by atoms with Crippen molar-refractivity contribution in [3.8, 4) is 0 Å². The van der Waals surface area contributed by atoms with Crippen LogP contribution in [0.1, 0.15) is 43.2 Å². The van der Waals surface area contributed by atoms with Gasteiger partial charge in [-0.3, -0.25) is 4.79 Å². The van der Waals surface area contributed by atoms with Gasteiger partial charge in [0.1, 0.15) is 0 Å². The first-order valence-electron chi connectivity index (χ1n) is 8.71. The third-order valence-corrected chi connectivity index (χ3v) is 6.53. The lowest BCUT2D eigenvalue weighted by molar-refractivity contribution is -0.113. The Morgan fingerprint density at radius 3 is 2.84 bits per heavy atom. The summed E-state index contributed by atoms with van der Waals surface area (Å²) in [7, 11) is 0. The van der Waals surface area contributed by atoms with E-state index in [1.165, 1.54) is 60.8 Å². The van der Waals surface area contributed by atoms with Crippen molar-refractivity contribution in [1.82, 2.24) is 10.2 Å². The van der Waals surface area contributed by atoms with Crippen molar-refractivity contribution in [3.05, 3.63) is 29.3 Å². The van der Waals surface area contributed by atoms with Crippen LogP contribution in [0.2, 0.25) is 0 Å². The van der Waals surface area contributed by atoms with E-state index in [2.05, 4.69) is 20.8 Å². The Kier molecular flexibility index (Phi) is 6.31. The van der Waals surface area contributed by atoms with Gasteiger partial charge >= 0.3 is 0 Å². The fraction of sp³-hybridized carbons (Fsp3) is 0.500. The number of benzene rings is 1. The molecule has 7 heteroatoms. The number of amides is 1. The monoisotopic (exact) mass is 376 g/mol. The van der Waals surface area contributed by atoms with Crippen LogP contribution in [-0.2, 0) is 4.79 Å². The number of hydrogen-bond donors (Lipinski definition) is 2. The normalized spacial score (nSPS) is 15.1. The Morgan fingerprint density at radius 1 is 1.24 bits per heavy atom. The second-order valence-electron chi connectivity index (χ2n) is 6.44. The van der Waals surface area contributed by atoms with Crippen LogP contribution in [0.4, 0.5) is 10.8 Å². The first-order chi connectivity index (χ1) is 12.1. The van der Waals surface area contributed by atoms with Crippen LogP contribution in [0.5, 0.6) is 0 Å². The molecule has 0 atom stereocenters. The van der Waals surface area contributed by atoms with Gasteiger partial charge in [-0.1, -0.05) is 54.5 Å². The summed E-state index contributed by atoms with van der Waals surface area (Å²) in [6.07, 6.45) is 6.33. The molecule has 2 N–H and O–H groups in total. The van der Waals surface area contributed by atoms with Gasteiger partial charge in [-0.05, 0) is 43.9 Å². The lowest BCUT2D eigenvalue weighted by Crippen LogP contribution is -2.21. The Labute approximate surface area is 157 Å². The van der Waals surface area contributed by atoms with Crippen molar-refractivity contribution in [2.75, 3.05) is 16.4 Å². The van der Waals surface area contributed by atoms with E-state index in [1.54, 1.807) is 0 Å². The molecule has 2 aromatic rings. The van der Waals surface area contributed by atoms with Crippen LogP contribution in [0, 0.1) is 13.8 Å². The number of carbonyl (C=O) groups is 1. The molecule has 1 fully saturated rings. The summed E-state index contributed by atoms with van der Waals surface area (Å²) in [4.78, 5) is 12.2. The fourth-order valence-electron chi connectivity index (χ4n) is 2.95. The summed E-state index contributed by atoms with van der Waals surface area (Å²) in [5.74, 6) is 0.321. The first-order valence-corrected chi connectivity index (χ1v) is 10.5. The molecule has 1 aliphatic carbocycles. The van der Waals surface area contributed by atoms with Gasteiger partial charge in [0.2, 0.25) is 11.0 Å². The molecule has 5 nitrogen and oxygen atoms in total. The maximum atomic E-state index is 12.2. The standard InChI is InChI=1S/C18H24N4OS2/c1-12-7-6-10-15(13(12)2)20-16(23)11-24-18-22-21-17(25-18)19-14-8-4-3-5-9-14/h6-7,10,14H,3-5,8-9,11H2,1-2H3,(H,19,21)(H,20,23). The van der Waals surface area contributed by atoms with E-state index >= 15 is 0 Å². The number of nitrogens with one attached hydrogen (secondary N) is 2. The van der Waals surface area contributed by atoms with Crippen LogP contribution in [0.3, 0.4) is 0 Å². The Bertz CT molecular complexity index is 726. The highest BCUT2D eigenvalue weighted by atomic mass is 32.2. The molecular weight excluding hydrogens is 352 g/mol. The number of thioether (sulfide) groups is 1. The highest BCUT2D eigenvalue weighted by Gasteiger charge is 2.15. The third kappa shape index (κ3) is 5.19. The molecule has 134 valence electrons. The summed E-state index contributed by atoms with van der Waals surface area (Å²) in [6.45, 7) is 4.06. The molecule has 0 radical (unpaired) electrons. The van der Waals surface area contributed by atoms with Crippen molar-refractivity contribution in [2.45, 2.75) is 56.3 Å². The Morgan fingerprint density at radius 2 is 2.04 bits per heavy atom. The van der Waals surface area contributed by atoms with Crippen LogP contribution < -0.4 is 10.6 Å². The van der Waals surface area contributed by atoms with Crippen molar-refractivity contribution < 1.29 is 4.79 Å². The lowest BCUT2D eigenvalue weighted by Gasteiger charge is -2.21. The zero-order valence-corrected chi connectivity index (χ0v) is 16.3. The minimum Gasteiger partial charge on any atom is -0.357 e. The zero-order chi connectivity index (χ0) is 17.6. The molecule has 25 heavy (non-hydrogen) atoms. The number of aromatic nitrogens is 2. The third-order valence-electron chi connectivity index (χ3n) is 4.54. The highest BCUT2D eigenvalue weighted by Crippen LogP contribution is 2.28. The van der Waals surface area contributed by atoms with Crippen LogP contribution in [0.25, 0.3) is 0 Å². The zero-order valence-electron chi connectivity index (χ0n) is 14.7. The molecule has 1 aromatic carbocycles. The van der Waals surface area contributed by atoms with Gasteiger partial charge in [-0.25, -0.2) is 0 Å². The van der Waals surface area contributed by atoms with Gasteiger partial charge in [0.05, 0.1) is 5.75 Å². The van der Waals surface area contributed by atoms with Gasteiger partial charge in [0, 0.05) is 11.7 Å². The summed E-state index contributed by atoms with van der Waals surface area (Å²) >= 11 is 2.96. The minimum absolute atomic E-state index is 0.0179. The van der Waals surface area contributed by atoms with Gasteiger partial charge in [-0.2, -0.15) is 0 Å². The molecular formula is C18H24N4OS2. The van der Waals surface area contributed by atoms with E-state index in [4.69, 9.17) is 0 Å². The van der Waals surface area contributed by atoms with Crippen molar-refractivity contribution in [1.29, 1.82) is 0 Å². The van der Waals surface area contributed by atoms with E-state index in [0.717, 1.165) is 20.7 Å². The lowest BCUT2D eigenvalue weighted by atomic mass is 9.96. The van der Waals surface area contributed by atoms with E-state index in [-0.39, 0.29) is 5.91 Å². The number of nitrogens with zero attached hydrogens (tertiary/aromatic N) is 2. The number of aryl methyl sites for hydroxylation is 1. The molecule has 0 bridgehead atoms. The highest BCUT2D eigenvalue weighted by molar-refractivity contribution is 8.01. The average molecular weight is 377 g/mol. The topological polar surface area (TPSA) is 66.9 Å². The molecule has 1 aromatic heterocycles. The van der Waals surface area contributed by atoms with Gasteiger partial charge in [-0.15, -0.1) is 10.2 Å². The Balaban J connectivity index is 1.48. The number of rotatable bonds is 6. The van der Waals surface area contributed by atoms with Crippen LogP contribution >= 0.6 is 23.1 Å². The van der Waals surface area contributed by atoms with Crippen LogP contribution in [0.15, 0.2) is 22.5 Å². The number of anilines is 2. The van der Waals surface area contributed by atoms with E-state index in [9.17, 15) is 4.79 Å². The fourth-order valence-corrected chi connectivity index (χ4v) is 4.58. The van der Waals surface area contributed by atoms with Crippen molar-refractivity contribution in [3.63, 3.8) is 0 Å². The largest absolute Gasteiger partial charge is 0.357 e. The molecule has 0 unspecified atom stereocenters. The minimum atomic E-state index is -0.0179. The summed E-state index contributed by atoms with van der Waals surface area (Å²) < 4.78 is 0.828. The number of carbonyl (C=O) groups excluding carboxylic acids is 1. The second kappa shape index (κ2) is 8.67. The smallest absolute Gasteiger partial charge is 0.234 e. The molecule has 0 saturated heterocycles. The molecule has 1 aliphatic rings. The van der Waals surface area contributed by atoms with Crippen LogP contribution in [-0.4, -0.2) is 27.9 Å². The Hall–Kier alpha value is -1.60. The molecule has 0 spiro atoms.